The Morgan fingerprint density at radius 1 is 0.786 bits per heavy atom. The van der Waals surface area contributed by atoms with Crippen LogP contribution >= 0.6 is 12.1 Å². The van der Waals surface area contributed by atoms with Gasteiger partial charge in [-0.2, -0.15) is 0 Å². The maximum atomic E-state index is 5.54. The van der Waals surface area contributed by atoms with E-state index in [0.717, 1.165) is 19.3 Å². The van der Waals surface area contributed by atoms with Crippen LogP contribution in [0.1, 0.15) is 40.0 Å². The molecule has 0 fully saturated rings. The SMILES string of the molecule is CCCO[Si](S)(OCCC)OCCC. The van der Waals surface area contributed by atoms with Crippen molar-refractivity contribution in [2.45, 2.75) is 40.0 Å². The Bertz CT molecular complexity index is 113. The molecular formula is C9H22O3SSi. The topological polar surface area (TPSA) is 27.7 Å². The summed E-state index contributed by atoms with van der Waals surface area (Å²) in [7, 11) is -2.62. The zero-order chi connectivity index (χ0) is 10.9. The van der Waals surface area contributed by atoms with Gasteiger partial charge in [0.25, 0.3) is 0 Å². The molecule has 0 saturated heterocycles. The average molecular weight is 238 g/mol. The number of thiol groups is 1. The van der Waals surface area contributed by atoms with E-state index in [2.05, 4.69) is 32.8 Å². The minimum Gasteiger partial charge on any atom is -0.365 e. The van der Waals surface area contributed by atoms with Crippen molar-refractivity contribution in [3.8, 4) is 0 Å². The highest BCUT2D eigenvalue weighted by Crippen LogP contribution is 2.15. The lowest BCUT2D eigenvalue weighted by Crippen LogP contribution is -2.41. The van der Waals surface area contributed by atoms with Gasteiger partial charge in [0.05, 0.1) is 0 Å². The van der Waals surface area contributed by atoms with Gasteiger partial charge in [0.15, 0.2) is 0 Å². The van der Waals surface area contributed by atoms with Crippen molar-refractivity contribution in [3.63, 3.8) is 0 Å². The molecule has 0 aromatic rings. The molecule has 0 aromatic carbocycles. The Morgan fingerprint density at radius 2 is 1.07 bits per heavy atom. The van der Waals surface area contributed by atoms with Crippen LogP contribution in [-0.2, 0) is 13.3 Å². The Balaban J connectivity index is 3.89. The third kappa shape index (κ3) is 6.84. The van der Waals surface area contributed by atoms with E-state index in [4.69, 9.17) is 13.3 Å². The summed E-state index contributed by atoms with van der Waals surface area (Å²) >= 11 is 4.39. The van der Waals surface area contributed by atoms with Gasteiger partial charge < -0.3 is 13.3 Å². The minimum atomic E-state index is -2.62. The fourth-order valence-corrected chi connectivity index (χ4v) is 3.28. The lowest BCUT2D eigenvalue weighted by Gasteiger charge is -2.24. The third-order valence-corrected chi connectivity index (χ3v) is 4.33. The first-order valence-electron chi connectivity index (χ1n) is 5.32. The summed E-state index contributed by atoms with van der Waals surface area (Å²) in [6.07, 6.45) is 2.88. The number of rotatable bonds is 9. The maximum absolute atomic E-state index is 5.54. The van der Waals surface area contributed by atoms with Gasteiger partial charge in [-0.05, 0) is 19.3 Å². The number of hydrogen-bond donors (Lipinski definition) is 1. The van der Waals surface area contributed by atoms with Gasteiger partial charge in [0.2, 0.25) is 0 Å². The molecule has 0 atom stereocenters. The van der Waals surface area contributed by atoms with Crippen LogP contribution in [0.2, 0.25) is 0 Å². The summed E-state index contributed by atoms with van der Waals surface area (Å²) in [5.41, 5.74) is 0. The minimum absolute atomic E-state index is 0.656. The second kappa shape index (κ2) is 8.73. The van der Waals surface area contributed by atoms with E-state index in [1.54, 1.807) is 0 Å². The molecule has 0 N–H and O–H groups in total. The van der Waals surface area contributed by atoms with Crippen molar-refractivity contribution < 1.29 is 13.3 Å². The Morgan fingerprint density at radius 3 is 1.29 bits per heavy atom. The molecule has 5 heteroatoms. The molecule has 0 amide bonds. The molecule has 14 heavy (non-hydrogen) atoms. The lowest BCUT2D eigenvalue weighted by molar-refractivity contribution is 0.0841. The molecule has 0 aliphatic carbocycles. The predicted molar refractivity (Wildman–Crippen MR) is 63.5 cm³/mol. The van der Waals surface area contributed by atoms with Crippen molar-refractivity contribution in [3.05, 3.63) is 0 Å². The molecule has 0 spiro atoms. The zero-order valence-electron chi connectivity index (χ0n) is 9.41. The summed E-state index contributed by atoms with van der Waals surface area (Å²) < 4.78 is 16.6. The Labute approximate surface area is 93.5 Å². The molecule has 0 saturated carbocycles. The molecule has 0 radical (unpaired) electrons. The largest absolute Gasteiger partial charge is 0.570 e. The summed E-state index contributed by atoms with van der Waals surface area (Å²) in [4.78, 5) is 0. The van der Waals surface area contributed by atoms with E-state index in [0.29, 0.717) is 19.8 Å². The van der Waals surface area contributed by atoms with Gasteiger partial charge in [-0.3, -0.25) is 0 Å². The van der Waals surface area contributed by atoms with Crippen molar-refractivity contribution >= 4 is 20.0 Å². The summed E-state index contributed by atoms with van der Waals surface area (Å²) in [5, 5.41) is 0. The average Bonchev–Trinajstić information content (AvgIpc) is 2.21. The molecule has 0 aliphatic rings. The Kier molecular flexibility index (Phi) is 9.01. The first kappa shape index (κ1) is 14.4. The second-order valence-electron chi connectivity index (χ2n) is 3.07. The fourth-order valence-electron chi connectivity index (χ4n) is 0.818. The van der Waals surface area contributed by atoms with E-state index < -0.39 is 7.95 Å². The summed E-state index contributed by atoms with van der Waals surface area (Å²) in [6.45, 7) is 8.14. The monoisotopic (exact) mass is 238 g/mol. The smallest absolute Gasteiger partial charge is 0.365 e. The predicted octanol–water partition coefficient (Wildman–Crippen LogP) is 2.63. The van der Waals surface area contributed by atoms with Crippen molar-refractivity contribution in [1.82, 2.24) is 0 Å². The van der Waals surface area contributed by atoms with Crippen LogP contribution in [0.25, 0.3) is 0 Å². The normalized spacial score (nSPS) is 12.0. The quantitative estimate of drug-likeness (QED) is 0.494. The highest BCUT2D eigenvalue weighted by molar-refractivity contribution is 8.11. The molecule has 0 unspecified atom stereocenters. The first-order valence-corrected chi connectivity index (χ1v) is 8.34. The van der Waals surface area contributed by atoms with Gasteiger partial charge in [0, 0.05) is 19.8 Å². The number of hydrogen-bond acceptors (Lipinski definition) is 4. The molecule has 86 valence electrons. The van der Waals surface area contributed by atoms with E-state index in [9.17, 15) is 0 Å². The van der Waals surface area contributed by atoms with Crippen molar-refractivity contribution in [1.29, 1.82) is 0 Å². The van der Waals surface area contributed by atoms with E-state index >= 15 is 0 Å². The molecule has 3 nitrogen and oxygen atoms in total. The van der Waals surface area contributed by atoms with Gasteiger partial charge in [-0.25, -0.2) is 0 Å². The first-order chi connectivity index (χ1) is 6.68. The summed E-state index contributed by atoms with van der Waals surface area (Å²) in [5.74, 6) is 0. The molecule has 0 aliphatic heterocycles. The van der Waals surface area contributed by atoms with Crippen LogP contribution in [0.15, 0.2) is 0 Å². The van der Waals surface area contributed by atoms with Crippen LogP contribution in [0.5, 0.6) is 0 Å². The summed E-state index contributed by atoms with van der Waals surface area (Å²) in [6, 6.07) is 0. The standard InChI is InChI=1S/C9H22O3SSi/c1-4-7-10-14(13,11-8-5-2)12-9-6-3/h13H,4-9H2,1-3H3. The maximum Gasteiger partial charge on any atom is 0.570 e. The van der Waals surface area contributed by atoms with Crippen LogP contribution in [0, 0.1) is 0 Å². The fraction of sp³-hybridized carbons (Fsp3) is 1.00. The van der Waals surface area contributed by atoms with E-state index in [1.165, 1.54) is 0 Å². The van der Waals surface area contributed by atoms with Crippen LogP contribution < -0.4 is 0 Å². The molecule has 0 rings (SSSR count). The third-order valence-electron chi connectivity index (χ3n) is 1.47. The highest BCUT2D eigenvalue weighted by atomic mass is 32.3. The van der Waals surface area contributed by atoms with E-state index in [1.807, 2.05) is 0 Å². The van der Waals surface area contributed by atoms with E-state index in [-0.39, 0.29) is 0 Å². The van der Waals surface area contributed by atoms with Gasteiger partial charge in [-0.15, -0.1) is 12.1 Å². The molecular weight excluding hydrogens is 216 g/mol. The molecule has 0 heterocycles. The highest BCUT2D eigenvalue weighted by Gasteiger charge is 2.36. The molecule has 0 aromatic heterocycles. The Hall–Kier alpha value is 0.447. The van der Waals surface area contributed by atoms with Crippen molar-refractivity contribution in [2.75, 3.05) is 19.8 Å². The van der Waals surface area contributed by atoms with Gasteiger partial charge in [0.1, 0.15) is 0 Å². The van der Waals surface area contributed by atoms with Crippen molar-refractivity contribution in [2.24, 2.45) is 0 Å². The van der Waals surface area contributed by atoms with Crippen LogP contribution in [0.4, 0.5) is 0 Å². The lowest BCUT2D eigenvalue weighted by atomic mass is 10.5. The molecule has 0 bridgehead atoms. The van der Waals surface area contributed by atoms with Gasteiger partial charge >= 0.3 is 7.95 Å². The zero-order valence-corrected chi connectivity index (χ0v) is 11.3. The van der Waals surface area contributed by atoms with Crippen LogP contribution in [-0.4, -0.2) is 27.8 Å². The van der Waals surface area contributed by atoms with Gasteiger partial charge in [-0.1, -0.05) is 20.8 Å². The van der Waals surface area contributed by atoms with Crippen LogP contribution in [0.3, 0.4) is 0 Å². The second-order valence-corrected chi connectivity index (χ2v) is 6.63.